The lowest BCUT2D eigenvalue weighted by atomic mass is 9.99. The highest BCUT2D eigenvalue weighted by atomic mass is 19.1. The molecule has 3 N–H and O–H groups in total. The molecule has 0 saturated carbocycles. The molecule has 0 aromatic heterocycles. The van der Waals surface area contributed by atoms with Crippen molar-refractivity contribution in [1.29, 1.82) is 0 Å². The largest absolute Gasteiger partial charge is 0.326 e. The van der Waals surface area contributed by atoms with Gasteiger partial charge in [-0.15, -0.1) is 0 Å². The van der Waals surface area contributed by atoms with E-state index in [1.54, 1.807) is 0 Å². The topological polar surface area (TPSA) is 70.2 Å². The normalized spacial score (nSPS) is 15.8. The molecule has 0 atom stereocenters. The number of carbonyl (C=O) groups excluding carboxylic acids is 2. The van der Waals surface area contributed by atoms with Gasteiger partial charge in [-0.25, -0.2) is 4.39 Å². The Hall–Kier alpha value is -2.73. The smallest absolute Gasteiger partial charge is 0.258 e. The Labute approximate surface area is 144 Å². The quantitative estimate of drug-likeness (QED) is 0.788. The first kappa shape index (κ1) is 15.8. The van der Waals surface area contributed by atoms with Crippen molar-refractivity contribution in [2.24, 2.45) is 0 Å². The third-order valence-corrected chi connectivity index (χ3v) is 4.68. The van der Waals surface area contributed by atoms with Gasteiger partial charge in [-0.3, -0.25) is 9.59 Å². The van der Waals surface area contributed by atoms with Crippen LogP contribution in [0.25, 0.3) is 0 Å². The number of fused-ring (bicyclic) bond motifs is 2. The summed E-state index contributed by atoms with van der Waals surface area (Å²) in [6.07, 6.45) is 1.82. The molecule has 5 nitrogen and oxygen atoms in total. The summed E-state index contributed by atoms with van der Waals surface area (Å²) in [6.45, 7) is 1.72. The van der Waals surface area contributed by atoms with Crippen LogP contribution in [-0.4, -0.2) is 18.4 Å². The fraction of sp³-hybridized carbons (Fsp3) is 0.263. The van der Waals surface area contributed by atoms with Gasteiger partial charge >= 0.3 is 0 Å². The number of amides is 2. The lowest BCUT2D eigenvalue weighted by Gasteiger charge is -2.19. The summed E-state index contributed by atoms with van der Waals surface area (Å²) >= 11 is 0. The van der Waals surface area contributed by atoms with E-state index in [1.165, 1.54) is 17.7 Å². The van der Waals surface area contributed by atoms with E-state index in [2.05, 4.69) is 16.0 Å². The van der Waals surface area contributed by atoms with Crippen molar-refractivity contribution in [2.45, 2.75) is 25.8 Å². The summed E-state index contributed by atoms with van der Waals surface area (Å²) in [4.78, 5) is 23.9. The van der Waals surface area contributed by atoms with Crippen molar-refractivity contribution < 1.29 is 14.0 Å². The molecular formula is C19H18FN3O2. The lowest BCUT2D eigenvalue weighted by Crippen LogP contribution is -2.24. The number of hydrogen-bond acceptors (Lipinski definition) is 3. The van der Waals surface area contributed by atoms with Crippen molar-refractivity contribution in [2.75, 3.05) is 17.2 Å². The first-order chi connectivity index (χ1) is 12.1. The van der Waals surface area contributed by atoms with E-state index < -0.39 is 11.7 Å². The molecule has 0 unspecified atom stereocenters. The van der Waals surface area contributed by atoms with Crippen LogP contribution in [0.3, 0.4) is 0 Å². The Morgan fingerprint density at radius 3 is 2.80 bits per heavy atom. The van der Waals surface area contributed by atoms with Crippen LogP contribution in [0.4, 0.5) is 15.8 Å². The number of nitrogens with one attached hydrogen (secondary N) is 3. The molecule has 128 valence electrons. The maximum absolute atomic E-state index is 14.3. The molecule has 2 aliphatic rings. The van der Waals surface area contributed by atoms with Crippen LogP contribution in [0.1, 0.15) is 33.5 Å². The van der Waals surface area contributed by atoms with E-state index in [0.717, 1.165) is 30.6 Å². The van der Waals surface area contributed by atoms with Gasteiger partial charge in [0.2, 0.25) is 5.91 Å². The van der Waals surface area contributed by atoms with Gasteiger partial charge < -0.3 is 16.0 Å². The summed E-state index contributed by atoms with van der Waals surface area (Å²) in [5.41, 5.74) is 4.29. The van der Waals surface area contributed by atoms with E-state index in [0.29, 0.717) is 24.2 Å². The van der Waals surface area contributed by atoms with Gasteiger partial charge in [0.1, 0.15) is 5.82 Å². The molecule has 0 bridgehead atoms. The average Bonchev–Trinajstić information content (AvgIpc) is 2.61. The van der Waals surface area contributed by atoms with Crippen LogP contribution in [0.2, 0.25) is 0 Å². The molecule has 0 fully saturated rings. The average molecular weight is 339 g/mol. The Morgan fingerprint density at radius 2 is 1.92 bits per heavy atom. The number of halogens is 1. The van der Waals surface area contributed by atoms with Crippen LogP contribution in [0, 0.1) is 5.82 Å². The molecule has 4 rings (SSSR count). The van der Waals surface area contributed by atoms with E-state index >= 15 is 0 Å². The number of anilines is 2. The van der Waals surface area contributed by atoms with Gasteiger partial charge in [-0.2, -0.15) is 0 Å². The number of benzene rings is 2. The van der Waals surface area contributed by atoms with Crippen molar-refractivity contribution in [1.82, 2.24) is 5.32 Å². The first-order valence-corrected chi connectivity index (χ1v) is 8.36. The first-order valence-electron chi connectivity index (χ1n) is 8.36. The highest BCUT2D eigenvalue weighted by Crippen LogP contribution is 2.27. The van der Waals surface area contributed by atoms with Crippen LogP contribution in [0.5, 0.6) is 0 Å². The lowest BCUT2D eigenvalue weighted by molar-refractivity contribution is -0.116. The SMILES string of the molecule is O=C1CCc2cc(C(=O)Nc3ccc4c(c3)CNCC4)c(F)cc2N1. The van der Waals surface area contributed by atoms with E-state index in [9.17, 15) is 14.0 Å². The summed E-state index contributed by atoms with van der Waals surface area (Å²) < 4.78 is 14.3. The minimum atomic E-state index is -0.641. The molecule has 0 spiro atoms. The Balaban J connectivity index is 1.58. The van der Waals surface area contributed by atoms with Gasteiger partial charge in [-0.05, 0) is 60.3 Å². The Bertz CT molecular complexity index is 879. The summed E-state index contributed by atoms with van der Waals surface area (Å²) in [6, 6.07) is 8.52. The zero-order chi connectivity index (χ0) is 17.4. The van der Waals surface area contributed by atoms with Crippen LogP contribution < -0.4 is 16.0 Å². The van der Waals surface area contributed by atoms with Crippen molar-refractivity contribution in [3.8, 4) is 0 Å². The predicted octanol–water partition coefficient (Wildman–Crippen LogP) is 2.61. The maximum atomic E-state index is 14.3. The highest BCUT2D eigenvalue weighted by Gasteiger charge is 2.21. The zero-order valence-corrected chi connectivity index (χ0v) is 13.6. The molecule has 0 saturated heterocycles. The fourth-order valence-electron chi connectivity index (χ4n) is 3.33. The van der Waals surface area contributed by atoms with Crippen molar-refractivity contribution in [3.05, 3.63) is 58.4 Å². The molecule has 2 heterocycles. The number of hydrogen-bond donors (Lipinski definition) is 3. The number of carbonyl (C=O) groups is 2. The molecule has 2 amide bonds. The Kier molecular flexibility index (Phi) is 3.97. The van der Waals surface area contributed by atoms with Gasteiger partial charge in [-0.1, -0.05) is 6.07 Å². The molecule has 25 heavy (non-hydrogen) atoms. The fourth-order valence-corrected chi connectivity index (χ4v) is 3.33. The van der Waals surface area contributed by atoms with Gasteiger partial charge in [0.05, 0.1) is 5.56 Å². The van der Waals surface area contributed by atoms with Crippen LogP contribution in [-0.2, 0) is 24.2 Å². The van der Waals surface area contributed by atoms with E-state index in [-0.39, 0.29) is 11.5 Å². The molecule has 2 aliphatic heterocycles. The second-order valence-corrected chi connectivity index (χ2v) is 6.40. The molecule has 6 heteroatoms. The van der Waals surface area contributed by atoms with Crippen LogP contribution >= 0.6 is 0 Å². The van der Waals surface area contributed by atoms with Gasteiger partial charge in [0, 0.05) is 24.3 Å². The molecular weight excluding hydrogens is 321 g/mol. The van der Waals surface area contributed by atoms with Gasteiger partial charge in [0.25, 0.3) is 5.91 Å². The zero-order valence-electron chi connectivity index (χ0n) is 13.6. The standard InChI is InChI=1S/C19H18FN3O2/c20-16-9-17-12(2-4-18(24)23-17)8-15(16)19(25)22-14-3-1-11-5-6-21-10-13(11)7-14/h1,3,7-9,21H,2,4-6,10H2,(H,22,25)(H,23,24). The second-order valence-electron chi connectivity index (χ2n) is 6.40. The molecule has 2 aromatic rings. The highest BCUT2D eigenvalue weighted by molar-refractivity contribution is 6.05. The predicted molar refractivity (Wildman–Crippen MR) is 93.2 cm³/mol. The maximum Gasteiger partial charge on any atom is 0.258 e. The summed E-state index contributed by atoms with van der Waals surface area (Å²) in [7, 11) is 0. The third-order valence-electron chi connectivity index (χ3n) is 4.68. The van der Waals surface area contributed by atoms with Crippen molar-refractivity contribution in [3.63, 3.8) is 0 Å². The second kappa shape index (κ2) is 6.29. The van der Waals surface area contributed by atoms with Crippen LogP contribution in [0.15, 0.2) is 30.3 Å². The number of aryl methyl sites for hydroxylation is 1. The van der Waals surface area contributed by atoms with Gasteiger partial charge in [0.15, 0.2) is 0 Å². The minimum absolute atomic E-state index is 0.00857. The number of rotatable bonds is 2. The minimum Gasteiger partial charge on any atom is -0.326 e. The molecule has 0 radical (unpaired) electrons. The monoisotopic (exact) mass is 339 g/mol. The Morgan fingerprint density at radius 1 is 1.04 bits per heavy atom. The van der Waals surface area contributed by atoms with E-state index in [4.69, 9.17) is 0 Å². The summed E-state index contributed by atoms with van der Waals surface area (Å²) in [5, 5.41) is 8.70. The summed E-state index contributed by atoms with van der Waals surface area (Å²) in [5.74, 6) is -1.26. The molecule has 0 aliphatic carbocycles. The van der Waals surface area contributed by atoms with E-state index in [1.807, 2.05) is 18.2 Å². The molecule has 2 aromatic carbocycles. The van der Waals surface area contributed by atoms with Crippen molar-refractivity contribution >= 4 is 23.2 Å². The third kappa shape index (κ3) is 3.13.